The van der Waals surface area contributed by atoms with E-state index >= 15 is 0 Å². The summed E-state index contributed by atoms with van der Waals surface area (Å²) in [5.74, 6) is -0.860. The molecule has 0 fully saturated rings. The molecule has 1 amide bonds. The van der Waals surface area contributed by atoms with Gasteiger partial charge < -0.3 is 10.0 Å². The van der Waals surface area contributed by atoms with E-state index in [0.29, 0.717) is 0 Å². The monoisotopic (exact) mass is 397 g/mol. The highest BCUT2D eigenvalue weighted by Gasteiger charge is 2.14. The second-order valence-corrected chi connectivity index (χ2v) is 8.22. The number of hydrogen-bond donors (Lipinski definition) is 1. The Morgan fingerprint density at radius 1 is 0.571 bits per heavy atom. The summed E-state index contributed by atoms with van der Waals surface area (Å²) in [5.41, 5.74) is 0. The predicted octanol–water partition coefficient (Wildman–Crippen LogP) is 6.96. The van der Waals surface area contributed by atoms with Gasteiger partial charge in [-0.1, -0.05) is 104 Å². The van der Waals surface area contributed by atoms with Crippen LogP contribution in [0.4, 0.5) is 0 Å². The van der Waals surface area contributed by atoms with Gasteiger partial charge in [-0.25, -0.2) is 0 Å². The van der Waals surface area contributed by atoms with Crippen molar-refractivity contribution in [3.63, 3.8) is 0 Å². The first-order valence-electron chi connectivity index (χ1n) is 12.1. The first-order valence-corrected chi connectivity index (χ1v) is 12.1. The Labute approximate surface area is 174 Å². The second-order valence-electron chi connectivity index (χ2n) is 8.22. The third-order valence-electron chi connectivity index (χ3n) is 5.47. The minimum atomic E-state index is -0.882. The minimum absolute atomic E-state index is 0.0216. The highest BCUT2D eigenvalue weighted by atomic mass is 16.4. The van der Waals surface area contributed by atoms with Crippen LogP contribution < -0.4 is 0 Å². The third-order valence-corrected chi connectivity index (χ3v) is 5.47. The molecule has 0 aliphatic heterocycles. The average Bonchev–Trinajstić information content (AvgIpc) is 2.68. The highest BCUT2D eigenvalue weighted by molar-refractivity contribution is 5.80. The molecule has 0 aromatic carbocycles. The maximum absolute atomic E-state index is 12.4. The topological polar surface area (TPSA) is 57.6 Å². The number of carbonyl (C=O) groups excluding carboxylic acids is 1. The molecule has 0 atom stereocenters. The number of nitrogens with zero attached hydrogens (tertiary/aromatic N) is 1. The molecule has 0 saturated carbocycles. The molecular weight excluding hydrogens is 350 g/mol. The van der Waals surface area contributed by atoms with Gasteiger partial charge in [-0.05, 0) is 12.8 Å². The zero-order chi connectivity index (χ0) is 20.9. The summed E-state index contributed by atoms with van der Waals surface area (Å²) >= 11 is 0. The molecule has 0 saturated heterocycles. The summed E-state index contributed by atoms with van der Waals surface area (Å²) in [6.07, 6.45) is 20.2. The Balaban J connectivity index is 3.97. The number of unbranched alkanes of at least 4 members (excludes halogenated alkanes) is 14. The van der Waals surface area contributed by atoms with Crippen molar-refractivity contribution >= 4 is 11.9 Å². The van der Waals surface area contributed by atoms with Gasteiger partial charge >= 0.3 is 5.97 Å². The summed E-state index contributed by atoms with van der Waals surface area (Å²) in [4.78, 5) is 25.1. The predicted molar refractivity (Wildman–Crippen MR) is 119 cm³/mol. The molecule has 28 heavy (non-hydrogen) atoms. The van der Waals surface area contributed by atoms with Crippen LogP contribution in [-0.4, -0.2) is 35.0 Å². The molecular formula is C24H47NO3. The number of hydrogen-bond acceptors (Lipinski definition) is 2. The quantitative estimate of drug-likeness (QED) is 0.213. The van der Waals surface area contributed by atoms with Crippen molar-refractivity contribution in [2.45, 2.75) is 129 Å². The Hall–Kier alpha value is -1.06. The van der Waals surface area contributed by atoms with Gasteiger partial charge in [-0.3, -0.25) is 9.59 Å². The molecule has 0 bridgehead atoms. The molecule has 0 aliphatic rings. The van der Waals surface area contributed by atoms with Crippen molar-refractivity contribution in [1.29, 1.82) is 0 Å². The van der Waals surface area contributed by atoms with Crippen molar-refractivity contribution in [3.05, 3.63) is 0 Å². The van der Waals surface area contributed by atoms with E-state index in [2.05, 4.69) is 13.8 Å². The third kappa shape index (κ3) is 18.3. The van der Waals surface area contributed by atoms with Crippen molar-refractivity contribution < 1.29 is 14.7 Å². The fourth-order valence-corrected chi connectivity index (χ4v) is 3.61. The largest absolute Gasteiger partial charge is 0.481 e. The van der Waals surface area contributed by atoms with Crippen LogP contribution in [0.15, 0.2) is 0 Å². The smallest absolute Gasteiger partial charge is 0.303 e. The lowest BCUT2D eigenvalue weighted by atomic mass is 10.1. The maximum atomic E-state index is 12.4. The molecule has 0 aliphatic carbocycles. The van der Waals surface area contributed by atoms with E-state index in [1.165, 1.54) is 89.9 Å². The number of carboxylic acids is 1. The van der Waals surface area contributed by atoms with Crippen LogP contribution in [0.5, 0.6) is 0 Å². The number of amides is 1. The van der Waals surface area contributed by atoms with E-state index in [9.17, 15) is 9.59 Å². The minimum Gasteiger partial charge on any atom is -0.481 e. The molecule has 4 heteroatoms. The molecule has 0 unspecified atom stereocenters. The SMILES string of the molecule is CCCCCCCCCCN(CCCCCCCCCC)C(=O)CCC(=O)O. The number of rotatable bonds is 21. The van der Waals surface area contributed by atoms with E-state index in [1.54, 1.807) is 0 Å². The number of aliphatic carboxylic acids is 1. The summed E-state index contributed by atoms with van der Waals surface area (Å²) in [6.45, 7) is 6.07. The van der Waals surface area contributed by atoms with Gasteiger partial charge in [0.15, 0.2) is 0 Å². The van der Waals surface area contributed by atoms with Gasteiger partial charge in [0.25, 0.3) is 0 Å². The van der Waals surface area contributed by atoms with Crippen molar-refractivity contribution in [2.75, 3.05) is 13.1 Å². The zero-order valence-electron chi connectivity index (χ0n) is 18.9. The molecule has 0 spiro atoms. The summed E-state index contributed by atoms with van der Waals surface area (Å²) in [5, 5.41) is 8.84. The normalized spacial score (nSPS) is 10.9. The van der Waals surface area contributed by atoms with Crippen LogP contribution in [0.2, 0.25) is 0 Å². The van der Waals surface area contributed by atoms with Crippen LogP contribution in [0.3, 0.4) is 0 Å². The van der Waals surface area contributed by atoms with Crippen LogP contribution in [0.1, 0.15) is 129 Å². The molecule has 0 rings (SSSR count). The Morgan fingerprint density at radius 2 is 0.929 bits per heavy atom. The van der Waals surface area contributed by atoms with Gasteiger partial charge in [0, 0.05) is 19.5 Å². The van der Waals surface area contributed by atoms with E-state index in [1.807, 2.05) is 4.90 Å². The summed E-state index contributed by atoms with van der Waals surface area (Å²) in [7, 11) is 0. The van der Waals surface area contributed by atoms with Gasteiger partial charge in [-0.15, -0.1) is 0 Å². The van der Waals surface area contributed by atoms with Gasteiger partial charge in [-0.2, -0.15) is 0 Å². The van der Waals surface area contributed by atoms with Crippen LogP contribution in [-0.2, 0) is 9.59 Å². The molecule has 0 radical (unpaired) electrons. The van der Waals surface area contributed by atoms with Gasteiger partial charge in [0.1, 0.15) is 0 Å². The molecule has 1 N–H and O–H groups in total. The van der Waals surface area contributed by atoms with Crippen LogP contribution >= 0.6 is 0 Å². The molecule has 166 valence electrons. The molecule has 0 aromatic rings. The fourth-order valence-electron chi connectivity index (χ4n) is 3.61. The Bertz CT molecular complexity index is 351. The van der Waals surface area contributed by atoms with Crippen molar-refractivity contribution in [1.82, 2.24) is 4.90 Å². The first-order chi connectivity index (χ1) is 13.6. The molecule has 0 aromatic heterocycles. The molecule has 0 heterocycles. The lowest BCUT2D eigenvalue weighted by Crippen LogP contribution is -2.33. The number of carbonyl (C=O) groups is 2. The standard InChI is InChI=1S/C24H47NO3/c1-3-5-7-9-11-13-15-17-21-25(23(26)19-20-24(27)28)22-18-16-14-12-10-8-6-4-2/h3-22H2,1-2H3,(H,27,28). The number of carboxylic acid groups (broad SMARTS) is 1. The van der Waals surface area contributed by atoms with Crippen molar-refractivity contribution in [2.24, 2.45) is 0 Å². The second kappa shape index (κ2) is 20.7. The fraction of sp³-hybridized carbons (Fsp3) is 0.917. The van der Waals surface area contributed by atoms with Crippen LogP contribution in [0.25, 0.3) is 0 Å². The highest BCUT2D eigenvalue weighted by Crippen LogP contribution is 2.12. The average molecular weight is 398 g/mol. The van der Waals surface area contributed by atoms with E-state index in [-0.39, 0.29) is 18.7 Å². The van der Waals surface area contributed by atoms with Crippen LogP contribution in [0, 0.1) is 0 Å². The first kappa shape index (κ1) is 26.9. The van der Waals surface area contributed by atoms with Gasteiger partial charge in [0.05, 0.1) is 6.42 Å². The Morgan fingerprint density at radius 3 is 1.29 bits per heavy atom. The maximum Gasteiger partial charge on any atom is 0.303 e. The van der Waals surface area contributed by atoms with E-state index in [4.69, 9.17) is 5.11 Å². The lowest BCUT2D eigenvalue weighted by molar-refractivity contribution is -0.141. The summed E-state index contributed by atoms with van der Waals surface area (Å²) in [6, 6.07) is 0. The van der Waals surface area contributed by atoms with E-state index in [0.717, 1.165) is 25.9 Å². The molecule has 4 nitrogen and oxygen atoms in total. The zero-order valence-corrected chi connectivity index (χ0v) is 18.9. The van der Waals surface area contributed by atoms with E-state index < -0.39 is 5.97 Å². The summed E-state index contributed by atoms with van der Waals surface area (Å²) < 4.78 is 0. The van der Waals surface area contributed by atoms with Gasteiger partial charge in [0.2, 0.25) is 5.91 Å². The van der Waals surface area contributed by atoms with Crippen molar-refractivity contribution in [3.8, 4) is 0 Å². The Kier molecular flexibility index (Phi) is 19.9. The lowest BCUT2D eigenvalue weighted by Gasteiger charge is -2.22.